The molecule has 0 saturated carbocycles. The van der Waals surface area contributed by atoms with Crippen LogP contribution in [-0.2, 0) is 10.0 Å². The minimum absolute atomic E-state index is 0.0306. The van der Waals surface area contributed by atoms with Crippen LogP contribution in [0.3, 0.4) is 0 Å². The van der Waals surface area contributed by atoms with Gasteiger partial charge in [0.25, 0.3) is 0 Å². The molecule has 0 aliphatic carbocycles. The molecule has 0 aliphatic heterocycles. The zero-order valence-corrected chi connectivity index (χ0v) is 16.8. The molecule has 0 saturated heterocycles. The Balaban J connectivity index is 2.30. The Morgan fingerprint density at radius 3 is 2.21 bits per heavy atom. The van der Waals surface area contributed by atoms with E-state index in [2.05, 4.69) is 37.0 Å². The Morgan fingerprint density at radius 1 is 1.08 bits per heavy atom. The van der Waals surface area contributed by atoms with Gasteiger partial charge in [0.05, 0.1) is 4.90 Å². The molecule has 24 heavy (non-hydrogen) atoms. The lowest BCUT2D eigenvalue weighted by molar-refractivity contribution is 0.585. The predicted octanol–water partition coefficient (Wildman–Crippen LogP) is 2.99. The van der Waals surface area contributed by atoms with E-state index in [1.54, 1.807) is 18.3 Å². The van der Waals surface area contributed by atoms with E-state index in [9.17, 15) is 8.42 Å². The highest BCUT2D eigenvalue weighted by Gasteiger charge is 2.43. The summed E-state index contributed by atoms with van der Waals surface area (Å²) in [4.78, 5) is 4.83. The van der Waals surface area contributed by atoms with Gasteiger partial charge in [0.2, 0.25) is 10.0 Å². The number of pyridine rings is 1. The number of hydrogen-bond acceptors (Lipinski definition) is 3. The van der Waals surface area contributed by atoms with Crippen LogP contribution in [0.1, 0.15) is 26.3 Å². The maximum absolute atomic E-state index is 12.6. The number of sulfonamides is 1. The van der Waals surface area contributed by atoms with Crippen molar-refractivity contribution in [1.82, 2.24) is 9.71 Å². The van der Waals surface area contributed by atoms with Crippen LogP contribution in [-0.4, -0.2) is 27.6 Å². The Kier molecular flexibility index (Phi) is 5.32. The molecule has 0 bridgehead atoms. The number of benzene rings is 1. The van der Waals surface area contributed by atoms with Gasteiger partial charge in [-0.2, -0.15) is 0 Å². The minimum Gasteiger partial charge on any atom is -0.266 e. The zero-order valence-electron chi connectivity index (χ0n) is 15.0. The summed E-state index contributed by atoms with van der Waals surface area (Å²) in [5.41, 5.74) is 1.04. The van der Waals surface area contributed by atoms with Crippen LogP contribution < -0.4 is 10.0 Å². The van der Waals surface area contributed by atoms with Gasteiger partial charge in [-0.15, -0.1) is 0 Å². The number of aryl methyl sites for hydroxylation is 1. The lowest BCUT2D eigenvalue weighted by atomic mass is 10.2. The summed E-state index contributed by atoms with van der Waals surface area (Å²) in [7, 11) is -5.70. The highest BCUT2D eigenvalue weighted by atomic mass is 32.2. The van der Waals surface area contributed by atoms with Gasteiger partial charge in [0.1, 0.15) is 8.07 Å². The fourth-order valence-electron chi connectivity index (χ4n) is 2.47. The van der Waals surface area contributed by atoms with E-state index >= 15 is 0 Å². The molecule has 2 rings (SSSR count). The van der Waals surface area contributed by atoms with Crippen molar-refractivity contribution in [2.24, 2.45) is 0 Å². The minimum atomic E-state index is -3.52. The fourth-order valence-corrected chi connectivity index (χ4v) is 7.35. The van der Waals surface area contributed by atoms with E-state index in [1.165, 1.54) is 0 Å². The molecule has 2 aromatic rings. The summed E-state index contributed by atoms with van der Waals surface area (Å²) in [6, 6.07) is 12.8. The van der Waals surface area contributed by atoms with Crippen molar-refractivity contribution in [1.29, 1.82) is 0 Å². The molecule has 1 N–H and O–H groups in total. The Hall–Kier alpha value is -1.50. The van der Waals surface area contributed by atoms with Crippen molar-refractivity contribution in [3.63, 3.8) is 0 Å². The zero-order chi connectivity index (χ0) is 18.0. The first-order chi connectivity index (χ1) is 11.1. The fraction of sp³-hybridized carbons (Fsp3) is 0.389. The normalized spacial score (nSPS) is 15.0. The van der Waals surface area contributed by atoms with Crippen LogP contribution >= 0.6 is 0 Å². The second-order valence-electron chi connectivity index (χ2n) is 7.43. The molecule has 0 aliphatic rings. The van der Waals surface area contributed by atoms with Crippen LogP contribution in [0.25, 0.3) is 0 Å². The lowest BCUT2D eigenvalue weighted by Crippen LogP contribution is -2.61. The second-order valence-corrected chi connectivity index (χ2v) is 14.2. The summed E-state index contributed by atoms with van der Waals surface area (Å²) in [5.74, 6) is 0. The largest absolute Gasteiger partial charge is 0.266 e. The van der Waals surface area contributed by atoms with Gasteiger partial charge in [-0.1, -0.05) is 51.1 Å². The van der Waals surface area contributed by atoms with Crippen molar-refractivity contribution < 1.29 is 8.42 Å². The summed E-state index contributed by atoms with van der Waals surface area (Å²) in [6.45, 7) is 10.6. The Labute approximate surface area is 146 Å². The van der Waals surface area contributed by atoms with E-state index in [0.717, 1.165) is 10.9 Å². The Bertz CT molecular complexity index is 784. The van der Waals surface area contributed by atoms with Gasteiger partial charge in [0, 0.05) is 17.7 Å². The number of hydrogen-bond donors (Lipinski definition) is 1. The van der Waals surface area contributed by atoms with Crippen LogP contribution in [0.4, 0.5) is 0 Å². The predicted molar refractivity (Wildman–Crippen MR) is 102 cm³/mol. The maximum Gasteiger partial charge on any atom is 0.240 e. The van der Waals surface area contributed by atoms with Crippen LogP contribution in [0, 0.1) is 6.92 Å². The molecular weight excluding hydrogens is 336 g/mol. The maximum atomic E-state index is 12.6. The van der Waals surface area contributed by atoms with Crippen LogP contribution in [0.15, 0.2) is 53.6 Å². The van der Waals surface area contributed by atoms with Crippen molar-refractivity contribution in [3.8, 4) is 0 Å². The van der Waals surface area contributed by atoms with Gasteiger partial charge in [-0.25, -0.2) is 13.1 Å². The molecule has 0 spiro atoms. The molecular formula is C18H26N2O2SSi. The molecule has 1 atom stereocenters. The number of nitrogens with zero attached hydrogens (tertiary/aromatic N) is 1. The van der Waals surface area contributed by atoms with E-state index in [4.69, 9.17) is 0 Å². The third kappa shape index (κ3) is 3.94. The summed E-state index contributed by atoms with van der Waals surface area (Å²) < 4.78 is 28.1. The van der Waals surface area contributed by atoms with Crippen molar-refractivity contribution in [2.45, 2.75) is 44.2 Å². The van der Waals surface area contributed by atoms with E-state index in [0.29, 0.717) is 11.1 Å². The molecule has 1 aromatic heterocycles. The van der Waals surface area contributed by atoms with E-state index in [1.807, 2.05) is 37.3 Å². The number of aromatic nitrogens is 1. The third-order valence-corrected chi connectivity index (χ3v) is 12.1. The van der Waals surface area contributed by atoms with Gasteiger partial charge < -0.3 is 0 Å². The standard InChI is InChI=1S/C18H26N2O2SSi/c1-15-9-11-16(12-10-15)23(21,22)20-14-24(5,18(2,3)4)17-8-6-7-13-19-17/h6-13,20H,14H2,1-5H3. The first-order valence-corrected chi connectivity index (χ1v) is 12.2. The average molecular weight is 363 g/mol. The van der Waals surface area contributed by atoms with Crippen molar-refractivity contribution in [3.05, 3.63) is 54.2 Å². The molecule has 1 aromatic carbocycles. The Morgan fingerprint density at radius 2 is 1.71 bits per heavy atom. The molecule has 1 heterocycles. The van der Waals surface area contributed by atoms with E-state index in [-0.39, 0.29) is 5.04 Å². The molecule has 4 nitrogen and oxygen atoms in total. The van der Waals surface area contributed by atoms with Crippen molar-refractivity contribution in [2.75, 3.05) is 6.17 Å². The van der Waals surface area contributed by atoms with Crippen LogP contribution in [0.5, 0.6) is 0 Å². The molecule has 0 fully saturated rings. The molecule has 6 heteroatoms. The summed E-state index contributed by atoms with van der Waals surface area (Å²) >= 11 is 0. The second kappa shape index (κ2) is 6.78. The first-order valence-electron chi connectivity index (χ1n) is 8.04. The topological polar surface area (TPSA) is 59.1 Å². The third-order valence-electron chi connectivity index (χ3n) is 4.83. The van der Waals surface area contributed by atoms with Gasteiger partial charge in [-0.3, -0.25) is 4.98 Å². The highest BCUT2D eigenvalue weighted by Crippen LogP contribution is 2.35. The average Bonchev–Trinajstić information content (AvgIpc) is 2.53. The smallest absolute Gasteiger partial charge is 0.240 e. The number of nitrogens with one attached hydrogen (secondary N) is 1. The molecule has 130 valence electrons. The van der Waals surface area contributed by atoms with Gasteiger partial charge >= 0.3 is 0 Å². The first kappa shape index (κ1) is 18.8. The quantitative estimate of drug-likeness (QED) is 0.832. The SMILES string of the molecule is Cc1ccc(S(=O)(=O)NC[Si](C)(c2ccccn2)C(C)(C)C)cc1. The van der Waals surface area contributed by atoms with Crippen LogP contribution in [0.2, 0.25) is 11.6 Å². The van der Waals surface area contributed by atoms with Gasteiger partial charge in [-0.05, 0) is 36.2 Å². The highest BCUT2D eigenvalue weighted by molar-refractivity contribution is 7.89. The number of rotatable bonds is 5. The summed E-state index contributed by atoms with van der Waals surface area (Å²) in [6.07, 6.45) is 2.20. The molecule has 0 amide bonds. The van der Waals surface area contributed by atoms with Gasteiger partial charge in [0.15, 0.2) is 0 Å². The van der Waals surface area contributed by atoms with E-state index < -0.39 is 18.1 Å². The molecule has 1 unspecified atom stereocenters. The molecule has 0 radical (unpaired) electrons. The lowest BCUT2D eigenvalue weighted by Gasteiger charge is -2.39. The van der Waals surface area contributed by atoms with Crippen molar-refractivity contribution >= 4 is 23.4 Å². The summed E-state index contributed by atoms with van der Waals surface area (Å²) in [5, 5.41) is 0.987. The monoisotopic (exact) mass is 362 g/mol.